The number of aliphatic hydroxyl groups excluding tert-OH is 1. The Balaban J connectivity index is 3.18. The summed E-state index contributed by atoms with van der Waals surface area (Å²) >= 11 is 0. The molecular formula is C14H21N3O4. The molecule has 0 aliphatic carbocycles. The number of carbonyl (C=O) groups is 1. The Kier molecular flexibility index (Phi) is 6.61. The second kappa shape index (κ2) is 8.21. The van der Waals surface area contributed by atoms with Gasteiger partial charge in [0.15, 0.2) is 0 Å². The smallest absolute Gasteiger partial charge is 0.305 e. The molecule has 2 N–H and O–H groups in total. The van der Waals surface area contributed by atoms with Gasteiger partial charge in [0.2, 0.25) is 0 Å². The molecule has 1 aromatic rings. The highest BCUT2D eigenvalue weighted by Gasteiger charge is 2.26. The number of anilines is 1. The largest absolute Gasteiger partial charge is 0.396 e. The molecular weight excluding hydrogens is 274 g/mol. The van der Waals surface area contributed by atoms with Crippen LogP contribution in [0.1, 0.15) is 30.6 Å². The van der Waals surface area contributed by atoms with E-state index >= 15 is 0 Å². The van der Waals surface area contributed by atoms with E-state index < -0.39 is 10.8 Å². The summed E-state index contributed by atoms with van der Waals surface area (Å²) in [6.07, 6.45) is 0.445. The maximum absolute atomic E-state index is 12.5. The molecule has 7 heteroatoms. The van der Waals surface area contributed by atoms with Crippen molar-refractivity contribution < 1.29 is 14.8 Å². The van der Waals surface area contributed by atoms with Crippen molar-refractivity contribution in [2.24, 2.45) is 0 Å². The summed E-state index contributed by atoms with van der Waals surface area (Å²) in [6, 6.07) is 4.67. The van der Waals surface area contributed by atoms with Crippen molar-refractivity contribution in [2.75, 3.05) is 31.6 Å². The Hall–Kier alpha value is -2.15. The number of carbonyl (C=O) groups excluding carboxylic acids is 1. The SMILES string of the molecule is CCNc1cccc(C(=O)N(CC)CCCO)c1[N+](=O)[O-]. The molecule has 116 valence electrons. The standard InChI is InChI=1S/C14H21N3O4/c1-3-15-12-8-5-7-11(13(12)17(20)21)14(19)16(4-2)9-6-10-18/h5,7-8,15,18H,3-4,6,9-10H2,1-2H3. The number of nitro benzene ring substituents is 1. The van der Waals surface area contributed by atoms with Crippen LogP contribution >= 0.6 is 0 Å². The van der Waals surface area contributed by atoms with Gasteiger partial charge < -0.3 is 15.3 Å². The van der Waals surface area contributed by atoms with E-state index in [4.69, 9.17) is 5.11 Å². The number of nitro groups is 1. The first-order valence-electron chi connectivity index (χ1n) is 6.98. The fourth-order valence-corrected chi connectivity index (χ4v) is 2.08. The summed E-state index contributed by atoms with van der Waals surface area (Å²) in [5.74, 6) is -0.391. The Bertz CT molecular complexity index is 505. The van der Waals surface area contributed by atoms with Gasteiger partial charge in [-0.2, -0.15) is 0 Å². The molecule has 0 radical (unpaired) electrons. The van der Waals surface area contributed by atoms with Crippen molar-refractivity contribution in [3.63, 3.8) is 0 Å². The van der Waals surface area contributed by atoms with E-state index in [2.05, 4.69) is 5.32 Å². The topological polar surface area (TPSA) is 95.7 Å². The lowest BCUT2D eigenvalue weighted by Crippen LogP contribution is -2.32. The van der Waals surface area contributed by atoms with Crippen LogP contribution in [0.25, 0.3) is 0 Å². The summed E-state index contributed by atoms with van der Waals surface area (Å²) in [6.45, 7) is 4.94. The van der Waals surface area contributed by atoms with Crippen LogP contribution in [-0.4, -0.2) is 47.1 Å². The first kappa shape index (κ1) is 16.9. The lowest BCUT2D eigenvalue weighted by Gasteiger charge is -2.20. The summed E-state index contributed by atoms with van der Waals surface area (Å²) < 4.78 is 0. The van der Waals surface area contributed by atoms with Gasteiger partial charge in [-0.15, -0.1) is 0 Å². The van der Waals surface area contributed by atoms with Gasteiger partial charge in [0.1, 0.15) is 11.3 Å². The zero-order valence-corrected chi connectivity index (χ0v) is 12.3. The molecule has 1 rings (SSSR count). The average molecular weight is 295 g/mol. The number of nitrogens with one attached hydrogen (secondary N) is 1. The van der Waals surface area contributed by atoms with E-state index in [0.717, 1.165) is 0 Å². The Morgan fingerprint density at radius 1 is 1.43 bits per heavy atom. The van der Waals surface area contributed by atoms with E-state index in [1.165, 1.54) is 11.0 Å². The Labute approximate surface area is 123 Å². The minimum atomic E-state index is -0.537. The third-order valence-electron chi connectivity index (χ3n) is 3.07. The zero-order valence-electron chi connectivity index (χ0n) is 12.3. The van der Waals surface area contributed by atoms with Crippen molar-refractivity contribution in [1.82, 2.24) is 4.90 Å². The highest BCUT2D eigenvalue weighted by atomic mass is 16.6. The summed E-state index contributed by atoms with van der Waals surface area (Å²) in [5.41, 5.74) is 0.205. The minimum absolute atomic E-state index is 0.0245. The van der Waals surface area contributed by atoms with Crippen LogP contribution in [0.5, 0.6) is 0 Å². The first-order chi connectivity index (χ1) is 10.1. The molecule has 0 heterocycles. The number of rotatable bonds is 8. The predicted molar refractivity (Wildman–Crippen MR) is 80.5 cm³/mol. The first-order valence-corrected chi connectivity index (χ1v) is 6.98. The van der Waals surface area contributed by atoms with Crippen molar-refractivity contribution >= 4 is 17.3 Å². The van der Waals surface area contributed by atoms with Gasteiger partial charge in [-0.3, -0.25) is 14.9 Å². The van der Waals surface area contributed by atoms with E-state index in [9.17, 15) is 14.9 Å². The summed E-state index contributed by atoms with van der Waals surface area (Å²) in [5, 5.41) is 23.1. The minimum Gasteiger partial charge on any atom is -0.396 e. The molecule has 0 aliphatic rings. The van der Waals surface area contributed by atoms with Gasteiger partial charge in [0.25, 0.3) is 5.91 Å². The number of nitrogens with zero attached hydrogens (tertiary/aromatic N) is 2. The molecule has 1 aromatic carbocycles. The molecule has 0 saturated carbocycles. The number of hydrogen-bond acceptors (Lipinski definition) is 5. The molecule has 0 bridgehead atoms. The van der Waals surface area contributed by atoms with E-state index in [0.29, 0.717) is 31.7 Å². The molecule has 7 nitrogen and oxygen atoms in total. The highest BCUT2D eigenvalue weighted by Crippen LogP contribution is 2.29. The second-order valence-corrected chi connectivity index (χ2v) is 4.45. The number of benzene rings is 1. The Morgan fingerprint density at radius 3 is 2.67 bits per heavy atom. The fourth-order valence-electron chi connectivity index (χ4n) is 2.08. The van der Waals surface area contributed by atoms with Gasteiger partial charge in [-0.05, 0) is 32.4 Å². The second-order valence-electron chi connectivity index (χ2n) is 4.45. The van der Waals surface area contributed by atoms with Gasteiger partial charge in [-0.1, -0.05) is 6.07 Å². The average Bonchev–Trinajstić information content (AvgIpc) is 2.47. The number of hydrogen-bond donors (Lipinski definition) is 2. The fraction of sp³-hybridized carbons (Fsp3) is 0.500. The van der Waals surface area contributed by atoms with Crippen LogP contribution in [0.4, 0.5) is 11.4 Å². The van der Waals surface area contributed by atoms with Crippen LogP contribution in [-0.2, 0) is 0 Å². The van der Waals surface area contributed by atoms with Crippen LogP contribution in [0.2, 0.25) is 0 Å². The number of para-hydroxylation sites is 1. The van der Waals surface area contributed by atoms with Crippen LogP contribution in [0.15, 0.2) is 18.2 Å². The number of amides is 1. The molecule has 0 aromatic heterocycles. The van der Waals surface area contributed by atoms with Gasteiger partial charge in [0, 0.05) is 26.2 Å². The van der Waals surface area contributed by atoms with E-state index in [1.807, 2.05) is 6.92 Å². The zero-order chi connectivity index (χ0) is 15.8. The van der Waals surface area contributed by atoms with E-state index in [1.54, 1.807) is 19.1 Å². The van der Waals surface area contributed by atoms with Gasteiger partial charge in [0.05, 0.1) is 4.92 Å². The molecule has 1 amide bonds. The lowest BCUT2D eigenvalue weighted by atomic mass is 10.1. The van der Waals surface area contributed by atoms with Crippen molar-refractivity contribution in [3.8, 4) is 0 Å². The van der Waals surface area contributed by atoms with Gasteiger partial charge >= 0.3 is 5.69 Å². The quantitative estimate of drug-likeness (QED) is 0.564. The molecule has 0 aliphatic heterocycles. The molecule has 0 saturated heterocycles. The molecule has 0 unspecified atom stereocenters. The van der Waals surface area contributed by atoms with Crippen molar-refractivity contribution in [3.05, 3.63) is 33.9 Å². The molecule has 21 heavy (non-hydrogen) atoms. The van der Waals surface area contributed by atoms with Crippen LogP contribution < -0.4 is 5.32 Å². The third kappa shape index (κ3) is 4.16. The summed E-state index contributed by atoms with van der Waals surface area (Å²) in [7, 11) is 0. The van der Waals surface area contributed by atoms with Gasteiger partial charge in [-0.25, -0.2) is 0 Å². The number of aliphatic hydroxyl groups is 1. The van der Waals surface area contributed by atoms with E-state index in [-0.39, 0.29) is 17.9 Å². The molecule has 0 fully saturated rings. The van der Waals surface area contributed by atoms with Crippen LogP contribution in [0, 0.1) is 10.1 Å². The predicted octanol–water partition coefficient (Wildman–Crippen LogP) is 1.87. The molecule has 0 atom stereocenters. The third-order valence-corrected chi connectivity index (χ3v) is 3.07. The summed E-state index contributed by atoms with van der Waals surface area (Å²) in [4.78, 5) is 24.7. The Morgan fingerprint density at radius 2 is 2.14 bits per heavy atom. The maximum atomic E-state index is 12.5. The van der Waals surface area contributed by atoms with Crippen molar-refractivity contribution in [2.45, 2.75) is 20.3 Å². The monoisotopic (exact) mass is 295 g/mol. The van der Waals surface area contributed by atoms with Crippen LogP contribution in [0.3, 0.4) is 0 Å². The normalized spacial score (nSPS) is 10.2. The van der Waals surface area contributed by atoms with Crippen molar-refractivity contribution in [1.29, 1.82) is 0 Å². The highest BCUT2D eigenvalue weighted by molar-refractivity contribution is 6.00. The maximum Gasteiger partial charge on any atom is 0.305 e. The molecule has 0 spiro atoms. The lowest BCUT2D eigenvalue weighted by molar-refractivity contribution is -0.384.